The fraction of sp³-hybridized carbons (Fsp3) is 0.375. The lowest BCUT2D eigenvalue weighted by atomic mass is 9.99. The lowest BCUT2D eigenvalue weighted by Gasteiger charge is -2.14. The SMILES string of the molecule is Cc1nn(C)c(OC(=O)c2ccn(C)c2)c1C(=O)c1ccc(S(C)(=O)=O)c(CCCCOCO)c1Cl. The molecule has 3 rings (SSSR count). The molecule has 0 radical (unpaired) electrons. The van der Waals surface area contributed by atoms with Gasteiger partial charge in [0.05, 0.1) is 21.2 Å². The van der Waals surface area contributed by atoms with Gasteiger partial charge in [-0.2, -0.15) is 5.10 Å². The van der Waals surface area contributed by atoms with E-state index < -0.39 is 28.4 Å². The maximum absolute atomic E-state index is 13.6. The minimum absolute atomic E-state index is 0.00888. The van der Waals surface area contributed by atoms with Gasteiger partial charge in [-0.3, -0.25) is 4.79 Å². The molecule has 3 aromatic rings. The monoisotopic (exact) mass is 537 g/mol. The number of sulfone groups is 1. The number of aromatic nitrogens is 3. The molecular weight excluding hydrogens is 510 g/mol. The van der Waals surface area contributed by atoms with Crippen molar-refractivity contribution >= 4 is 33.2 Å². The zero-order valence-electron chi connectivity index (χ0n) is 20.4. The Bertz CT molecular complexity index is 1390. The molecule has 0 spiro atoms. The van der Waals surface area contributed by atoms with E-state index in [1.54, 1.807) is 44.0 Å². The molecule has 0 fully saturated rings. The Morgan fingerprint density at radius 1 is 1.17 bits per heavy atom. The Morgan fingerprint density at radius 2 is 1.89 bits per heavy atom. The summed E-state index contributed by atoms with van der Waals surface area (Å²) in [5.41, 5.74) is 1.07. The highest BCUT2D eigenvalue weighted by atomic mass is 35.5. The number of aliphatic hydroxyl groups excluding tert-OH is 1. The molecule has 12 heteroatoms. The van der Waals surface area contributed by atoms with E-state index in [9.17, 15) is 18.0 Å². The molecule has 0 atom stereocenters. The van der Waals surface area contributed by atoms with Crippen LogP contribution in [0, 0.1) is 6.92 Å². The number of benzene rings is 1. The number of hydrogen-bond acceptors (Lipinski definition) is 8. The number of aryl methyl sites for hydroxylation is 3. The van der Waals surface area contributed by atoms with Gasteiger partial charge >= 0.3 is 5.97 Å². The first-order chi connectivity index (χ1) is 17.0. The van der Waals surface area contributed by atoms with Crippen molar-refractivity contribution in [3.05, 3.63) is 63.6 Å². The predicted molar refractivity (Wildman–Crippen MR) is 132 cm³/mol. The van der Waals surface area contributed by atoms with E-state index in [0.29, 0.717) is 36.3 Å². The average molecular weight is 538 g/mol. The van der Waals surface area contributed by atoms with Gasteiger partial charge in [0.25, 0.3) is 0 Å². The number of esters is 1. The van der Waals surface area contributed by atoms with Crippen LogP contribution in [0.25, 0.3) is 0 Å². The lowest BCUT2D eigenvalue weighted by molar-refractivity contribution is -0.00266. The fourth-order valence-corrected chi connectivity index (χ4v) is 5.22. The summed E-state index contributed by atoms with van der Waals surface area (Å²) >= 11 is 6.63. The van der Waals surface area contributed by atoms with Crippen molar-refractivity contribution in [1.29, 1.82) is 0 Å². The average Bonchev–Trinajstić information content (AvgIpc) is 3.35. The standard InChI is InChI=1S/C24H28ClN3O7S/c1-15-20(23(28(3)26-15)35-24(31)16-10-11-27(2)13-16)22(30)18-8-9-19(36(4,32)33)17(21(18)25)7-5-6-12-34-14-29/h8-11,13,29H,5-7,12,14H2,1-4H3. The van der Waals surface area contributed by atoms with Crippen molar-refractivity contribution in [2.45, 2.75) is 31.1 Å². The van der Waals surface area contributed by atoms with Gasteiger partial charge in [0.1, 0.15) is 12.4 Å². The van der Waals surface area contributed by atoms with Gasteiger partial charge < -0.3 is 19.1 Å². The summed E-state index contributed by atoms with van der Waals surface area (Å²) in [6.45, 7) is 1.50. The van der Waals surface area contributed by atoms with Crippen LogP contribution < -0.4 is 4.74 Å². The quantitative estimate of drug-likeness (QED) is 0.171. The molecule has 0 aliphatic heterocycles. The van der Waals surface area contributed by atoms with Gasteiger partial charge in [0.2, 0.25) is 11.7 Å². The fourth-order valence-electron chi connectivity index (χ4n) is 3.85. The zero-order valence-corrected chi connectivity index (χ0v) is 22.0. The molecule has 36 heavy (non-hydrogen) atoms. The Balaban J connectivity index is 2.00. The van der Waals surface area contributed by atoms with Crippen LogP contribution in [0.4, 0.5) is 0 Å². The van der Waals surface area contributed by atoms with Crippen molar-refractivity contribution in [2.75, 3.05) is 19.7 Å². The molecule has 194 valence electrons. The van der Waals surface area contributed by atoms with E-state index in [1.165, 1.54) is 16.8 Å². The lowest BCUT2D eigenvalue weighted by Crippen LogP contribution is -2.14. The first-order valence-electron chi connectivity index (χ1n) is 11.1. The summed E-state index contributed by atoms with van der Waals surface area (Å²) in [7, 11) is -0.311. The molecule has 10 nitrogen and oxygen atoms in total. The Kier molecular flexibility index (Phi) is 8.72. The second-order valence-corrected chi connectivity index (χ2v) is 10.7. The Hall–Kier alpha value is -2.99. The van der Waals surface area contributed by atoms with Crippen LogP contribution in [0.2, 0.25) is 5.02 Å². The van der Waals surface area contributed by atoms with Gasteiger partial charge in [-0.15, -0.1) is 0 Å². The molecule has 2 heterocycles. The third-order valence-electron chi connectivity index (χ3n) is 5.55. The molecule has 0 saturated heterocycles. The molecule has 0 aliphatic rings. The van der Waals surface area contributed by atoms with Crippen molar-refractivity contribution in [2.24, 2.45) is 14.1 Å². The molecule has 2 aromatic heterocycles. The molecule has 1 aromatic carbocycles. The normalized spacial score (nSPS) is 11.6. The highest BCUT2D eigenvalue weighted by Crippen LogP contribution is 2.33. The number of unbranched alkanes of at least 4 members (excludes halogenated alkanes) is 1. The Labute approximate surface area is 214 Å². The second kappa shape index (κ2) is 11.4. The summed E-state index contributed by atoms with van der Waals surface area (Å²) in [4.78, 5) is 26.3. The van der Waals surface area contributed by atoms with E-state index in [1.807, 2.05) is 0 Å². The van der Waals surface area contributed by atoms with Crippen molar-refractivity contribution in [1.82, 2.24) is 14.3 Å². The van der Waals surface area contributed by atoms with Crippen molar-refractivity contribution in [3.8, 4) is 5.88 Å². The molecular formula is C24H28ClN3O7S. The van der Waals surface area contributed by atoms with Crippen LogP contribution in [-0.2, 0) is 35.1 Å². The van der Waals surface area contributed by atoms with Crippen LogP contribution in [0.1, 0.15) is 50.4 Å². The number of rotatable bonds is 11. The number of ether oxygens (including phenoxy) is 2. The molecule has 0 aliphatic carbocycles. The zero-order chi connectivity index (χ0) is 26.6. The molecule has 1 N–H and O–H groups in total. The topological polar surface area (TPSA) is 130 Å². The van der Waals surface area contributed by atoms with E-state index in [4.69, 9.17) is 26.2 Å². The van der Waals surface area contributed by atoms with E-state index in [2.05, 4.69) is 5.10 Å². The van der Waals surface area contributed by atoms with Gasteiger partial charge in [-0.25, -0.2) is 17.9 Å². The largest absolute Gasteiger partial charge is 0.403 e. The number of aliphatic hydroxyl groups is 1. The van der Waals surface area contributed by atoms with Crippen LogP contribution in [0.3, 0.4) is 0 Å². The predicted octanol–water partition coefficient (Wildman–Crippen LogP) is 2.86. The minimum Gasteiger partial charge on any atom is -0.403 e. The summed E-state index contributed by atoms with van der Waals surface area (Å²) in [6.07, 6.45) is 5.71. The number of carbonyl (C=O) groups is 2. The van der Waals surface area contributed by atoms with Crippen LogP contribution in [0.15, 0.2) is 35.5 Å². The van der Waals surface area contributed by atoms with Crippen molar-refractivity contribution in [3.63, 3.8) is 0 Å². The van der Waals surface area contributed by atoms with Crippen molar-refractivity contribution < 1.29 is 32.6 Å². The summed E-state index contributed by atoms with van der Waals surface area (Å²) in [5.74, 6) is -1.25. The maximum atomic E-state index is 13.6. The van der Waals surface area contributed by atoms with E-state index in [-0.39, 0.29) is 33.3 Å². The summed E-state index contributed by atoms with van der Waals surface area (Å²) in [6, 6.07) is 4.30. The van der Waals surface area contributed by atoms with Gasteiger partial charge in [0.15, 0.2) is 9.84 Å². The maximum Gasteiger partial charge on any atom is 0.346 e. The van der Waals surface area contributed by atoms with Gasteiger partial charge in [0, 0.05) is 44.9 Å². The van der Waals surface area contributed by atoms with E-state index in [0.717, 1.165) is 6.26 Å². The van der Waals surface area contributed by atoms with Gasteiger partial charge in [-0.1, -0.05) is 11.6 Å². The highest BCUT2D eigenvalue weighted by Gasteiger charge is 2.29. The first kappa shape index (κ1) is 27.6. The third-order valence-corrected chi connectivity index (χ3v) is 7.17. The second-order valence-electron chi connectivity index (χ2n) is 8.34. The molecule has 0 amide bonds. The number of halogens is 1. The Morgan fingerprint density at radius 3 is 2.50 bits per heavy atom. The molecule has 0 saturated carbocycles. The molecule has 0 unspecified atom stereocenters. The van der Waals surface area contributed by atoms with Gasteiger partial charge in [-0.05, 0) is 49.9 Å². The number of hydrogen-bond donors (Lipinski definition) is 1. The number of carbonyl (C=O) groups excluding carboxylic acids is 2. The number of ketones is 1. The summed E-state index contributed by atoms with van der Waals surface area (Å²) < 4.78 is 38.2. The van der Waals surface area contributed by atoms with Crippen LogP contribution >= 0.6 is 11.6 Å². The summed E-state index contributed by atoms with van der Waals surface area (Å²) in [5, 5.41) is 13.0. The van der Waals surface area contributed by atoms with E-state index >= 15 is 0 Å². The number of nitrogens with zero attached hydrogens (tertiary/aromatic N) is 3. The third kappa shape index (κ3) is 6.04. The molecule has 0 bridgehead atoms. The van der Waals surface area contributed by atoms with Crippen LogP contribution in [0.5, 0.6) is 5.88 Å². The minimum atomic E-state index is -3.62. The highest BCUT2D eigenvalue weighted by molar-refractivity contribution is 7.90. The first-order valence-corrected chi connectivity index (χ1v) is 13.3. The van der Waals surface area contributed by atoms with Crippen LogP contribution in [-0.4, -0.2) is 59.3 Å². The smallest absolute Gasteiger partial charge is 0.346 e.